The molecule has 0 spiro atoms. The van der Waals surface area contributed by atoms with Gasteiger partial charge in [0.25, 0.3) is 0 Å². The molecule has 32 heavy (non-hydrogen) atoms. The minimum atomic E-state index is -3.92. The predicted octanol–water partition coefficient (Wildman–Crippen LogP) is 2.81. The second-order valence-corrected chi connectivity index (χ2v) is 8.57. The van der Waals surface area contributed by atoms with Crippen LogP contribution < -0.4 is 15.8 Å². The summed E-state index contributed by atoms with van der Waals surface area (Å²) in [6, 6.07) is 22.9. The maximum atomic E-state index is 12.9. The summed E-state index contributed by atoms with van der Waals surface area (Å²) in [5.74, 6) is -0.530. The van der Waals surface area contributed by atoms with E-state index in [1.54, 1.807) is 0 Å². The highest BCUT2D eigenvalue weighted by molar-refractivity contribution is 7.89. The van der Waals surface area contributed by atoms with Gasteiger partial charge in [0, 0.05) is 12.1 Å². The summed E-state index contributed by atoms with van der Waals surface area (Å²) >= 11 is 0. The molecule has 2 amide bonds. The lowest BCUT2D eigenvalue weighted by molar-refractivity contribution is -0.118. The number of rotatable bonds is 8. The molecule has 8 nitrogen and oxygen atoms in total. The molecular weight excluding hydrogens is 430 g/mol. The van der Waals surface area contributed by atoms with Gasteiger partial charge in [-0.25, -0.2) is 18.4 Å². The van der Waals surface area contributed by atoms with Crippen molar-refractivity contribution in [1.82, 2.24) is 5.32 Å². The highest BCUT2D eigenvalue weighted by atomic mass is 32.2. The molecule has 0 saturated carbocycles. The van der Waals surface area contributed by atoms with E-state index in [9.17, 15) is 18.0 Å². The van der Waals surface area contributed by atoms with Crippen molar-refractivity contribution in [3.05, 3.63) is 96.1 Å². The number of nitrogens with two attached hydrogens (primary N) is 1. The molecule has 0 saturated heterocycles. The first kappa shape index (κ1) is 23.0. The Morgan fingerprint density at radius 3 is 2.12 bits per heavy atom. The van der Waals surface area contributed by atoms with Crippen LogP contribution in [0.5, 0.6) is 0 Å². The van der Waals surface area contributed by atoms with Crippen molar-refractivity contribution in [3.63, 3.8) is 0 Å². The zero-order chi connectivity index (χ0) is 23.0. The van der Waals surface area contributed by atoms with Gasteiger partial charge in [0.05, 0.1) is 4.90 Å². The minimum absolute atomic E-state index is 0.0583. The zero-order valence-corrected chi connectivity index (χ0v) is 17.9. The molecule has 0 radical (unpaired) electrons. The van der Waals surface area contributed by atoms with E-state index in [0.29, 0.717) is 0 Å². The summed E-state index contributed by atoms with van der Waals surface area (Å²) in [7, 11) is -3.92. The Morgan fingerprint density at radius 1 is 0.875 bits per heavy atom. The number of benzene rings is 3. The van der Waals surface area contributed by atoms with Crippen molar-refractivity contribution in [1.29, 1.82) is 0 Å². The molecule has 0 aliphatic rings. The van der Waals surface area contributed by atoms with Crippen molar-refractivity contribution in [2.75, 3.05) is 5.32 Å². The Morgan fingerprint density at radius 2 is 1.50 bits per heavy atom. The van der Waals surface area contributed by atoms with Gasteiger partial charge in [-0.15, -0.1) is 0 Å². The van der Waals surface area contributed by atoms with Gasteiger partial charge in [-0.2, -0.15) is 0 Å². The van der Waals surface area contributed by atoms with Crippen molar-refractivity contribution in [2.45, 2.75) is 24.0 Å². The molecule has 0 bridgehead atoms. The van der Waals surface area contributed by atoms with E-state index in [1.165, 1.54) is 24.3 Å². The Labute approximate surface area is 186 Å². The van der Waals surface area contributed by atoms with Crippen LogP contribution in [0.25, 0.3) is 0 Å². The van der Waals surface area contributed by atoms with Crippen LogP contribution in [0.3, 0.4) is 0 Å². The fourth-order valence-corrected chi connectivity index (χ4v) is 3.51. The van der Waals surface area contributed by atoms with E-state index in [1.807, 2.05) is 60.7 Å². The van der Waals surface area contributed by atoms with Crippen molar-refractivity contribution in [2.24, 2.45) is 5.14 Å². The topological polar surface area (TPSA) is 128 Å². The normalized spacial score (nSPS) is 11.9. The van der Waals surface area contributed by atoms with Gasteiger partial charge in [-0.3, -0.25) is 4.79 Å². The van der Waals surface area contributed by atoms with E-state index < -0.39 is 28.1 Å². The smallest absolute Gasteiger partial charge is 0.408 e. The Kier molecular flexibility index (Phi) is 7.58. The van der Waals surface area contributed by atoms with E-state index in [2.05, 4.69) is 10.6 Å². The summed E-state index contributed by atoms with van der Waals surface area (Å²) in [5.41, 5.74) is 1.87. The summed E-state index contributed by atoms with van der Waals surface area (Å²) < 4.78 is 28.4. The number of amides is 2. The van der Waals surface area contributed by atoms with Gasteiger partial charge in [0.2, 0.25) is 15.9 Å². The number of alkyl carbamates (subject to hydrolysis) is 1. The summed E-state index contributed by atoms with van der Waals surface area (Å²) in [5, 5.41) is 10.4. The molecule has 166 valence electrons. The number of hydrogen-bond acceptors (Lipinski definition) is 5. The van der Waals surface area contributed by atoms with E-state index in [4.69, 9.17) is 9.88 Å². The number of anilines is 1. The number of carbonyl (C=O) groups excluding carboxylic acids is 2. The van der Waals surface area contributed by atoms with Crippen LogP contribution in [0.2, 0.25) is 0 Å². The number of sulfonamides is 1. The molecule has 9 heteroatoms. The number of hydrogen-bond donors (Lipinski definition) is 3. The third kappa shape index (κ3) is 6.93. The molecule has 3 aromatic carbocycles. The maximum absolute atomic E-state index is 12.9. The Hall–Kier alpha value is -3.69. The molecule has 3 aromatic rings. The first-order valence-corrected chi connectivity index (χ1v) is 11.3. The van der Waals surface area contributed by atoms with Gasteiger partial charge in [-0.05, 0) is 29.3 Å². The summed E-state index contributed by atoms with van der Waals surface area (Å²) in [6.45, 7) is 0.0583. The van der Waals surface area contributed by atoms with Crippen LogP contribution in [0, 0.1) is 0 Å². The van der Waals surface area contributed by atoms with Gasteiger partial charge in [0.15, 0.2) is 0 Å². The number of ether oxygens (including phenoxy) is 1. The number of carbonyl (C=O) groups is 2. The maximum Gasteiger partial charge on any atom is 0.408 e. The molecular formula is C23H23N3O5S. The van der Waals surface area contributed by atoms with E-state index in [-0.39, 0.29) is 23.6 Å². The average Bonchev–Trinajstić information content (AvgIpc) is 2.78. The third-order valence-corrected chi connectivity index (χ3v) is 5.45. The lowest BCUT2D eigenvalue weighted by atomic mass is 10.1. The first-order valence-electron chi connectivity index (χ1n) is 9.76. The van der Waals surface area contributed by atoms with Gasteiger partial charge >= 0.3 is 6.09 Å². The van der Waals surface area contributed by atoms with Crippen molar-refractivity contribution < 1.29 is 22.7 Å². The van der Waals surface area contributed by atoms with Crippen molar-refractivity contribution >= 4 is 27.7 Å². The van der Waals surface area contributed by atoms with Crippen LogP contribution in [0.4, 0.5) is 10.5 Å². The molecule has 3 rings (SSSR count). The van der Waals surface area contributed by atoms with Gasteiger partial charge < -0.3 is 15.4 Å². The van der Waals surface area contributed by atoms with E-state index in [0.717, 1.165) is 11.1 Å². The minimum Gasteiger partial charge on any atom is -0.445 e. The summed E-state index contributed by atoms with van der Waals surface area (Å²) in [6.07, 6.45) is -0.537. The second-order valence-electron chi connectivity index (χ2n) is 7.01. The molecule has 1 atom stereocenters. The highest BCUT2D eigenvalue weighted by Crippen LogP contribution is 2.15. The monoisotopic (exact) mass is 453 g/mol. The largest absolute Gasteiger partial charge is 0.445 e. The highest BCUT2D eigenvalue weighted by Gasteiger charge is 2.23. The molecule has 0 heterocycles. The lowest BCUT2D eigenvalue weighted by Gasteiger charge is -2.19. The standard InChI is InChI=1S/C23H23N3O5S/c24-32(29,30)20-13-7-12-19(15-20)25-22(27)21(14-17-8-3-1-4-9-17)26-23(28)31-16-18-10-5-2-6-11-18/h1-13,15,21H,14,16H2,(H,25,27)(H,26,28)(H2,24,29,30). The second kappa shape index (κ2) is 10.6. The molecule has 0 aliphatic heterocycles. The quantitative estimate of drug-likeness (QED) is 0.483. The molecule has 4 N–H and O–H groups in total. The third-order valence-electron chi connectivity index (χ3n) is 4.53. The van der Waals surface area contributed by atoms with Crippen LogP contribution in [0.15, 0.2) is 89.8 Å². The van der Waals surface area contributed by atoms with E-state index >= 15 is 0 Å². The van der Waals surface area contributed by atoms with Crippen LogP contribution >= 0.6 is 0 Å². The van der Waals surface area contributed by atoms with Gasteiger partial charge in [0.1, 0.15) is 12.6 Å². The number of primary sulfonamides is 1. The van der Waals surface area contributed by atoms with Crippen LogP contribution in [-0.2, 0) is 32.6 Å². The fraction of sp³-hybridized carbons (Fsp3) is 0.130. The first-order chi connectivity index (χ1) is 15.3. The Bertz CT molecular complexity index is 1170. The predicted molar refractivity (Wildman–Crippen MR) is 120 cm³/mol. The molecule has 1 unspecified atom stereocenters. The molecule has 0 aliphatic carbocycles. The van der Waals surface area contributed by atoms with Crippen LogP contribution in [0.1, 0.15) is 11.1 Å². The summed E-state index contributed by atoms with van der Waals surface area (Å²) in [4.78, 5) is 25.1. The Balaban J connectivity index is 1.71. The van der Waals surface area contributed by atoms with Crippen molar-refractivity contribution in [3.8, 4) is 0 Å². The van der Waals surface area contributed by atoms with Gasteiger partial charge in [-0.1, -0.05) is 66.7 Å². The van der Waals surface area contributed by atoms with Crippen LogP contribution in [-0.4, -0.2) is 26.5 Å². The number of nitrogens with one attached hydrogen (secondary N) is 2. The molecule has 0 fully saturated rings. The lowest BCUT2D eigenvalue weighted by Crippen LogP contribution is -2.45. The average molecular weight is 454 g/mol. The SMILES string of the molecule is NS(=O)(=O)c1cccc(NC(=O)C(Cc2ccccc2)NC(=O)OCc2ccccc2)c1. The fourth-order valence-electron chi connectivity index (χ4n) is 2.95. The molecule has 0 aromatic heterocycles. The zero-order valence-electron chi connectivity index (χ0n) is 17.1.